The highest BCUT2D eigenvalue weighted by Crippen LogP contribution is 2.30. The van der Waals surface area contributed by atoms with Gasteiger partial charge >= 0.3 is 6.03 Å². The minimum absolute atomic E-state index is 0.264. The van der Waals surface area contributed by atoms with E-state index in [0.717, 1.165) is 28.2 Å². The summed E-state index contributed by atoms with van der Waals surface area (Å²) in [6.07, 6.45) is 3.99. The van der Waals surface area contributed by atoms with Gasteiger partial charge in [0.25, 0.3) is 0 Å². The number of nitrogens with zero attached hydrogens (tertiary/aromatic N) is 2. The lowest BCUT2D eigenvalue weighted by Gasteiger charge is -2.22. The number of carbonyl (C=O) groups is 1. The van der Waals surface area contributed by atoms with E-state index in [0.29, 0.717) is 26.1 Å². The number of rotatable bonds is 8. The van der Waals surface area contributed by atoms with E-state index in [-0.39, 0.29) is 6.03 Å². The summed E-state index contributed by atoms with van der Waals surface area (Å²) in [4.78, 5) is 21.8. The van der Waals surface area contributed by atoms with Gasteiger partial charge < -0.3 is 20.2 Å². The maximum Gasteiger partial charge on any atom is 0.315 e. The van der Waals surface area contributed by atoms with Crippen LogP contribution in [0.15, 0.2) is 84.3 Å². The van der Waals surface area contributed by atoms with Crippen molar-refractivity contribution in [3.8, 4) is 16.9 Å². The molecule has 0 fully saturated rings. The Morgan fingerprint density at radius 2 is 1.88 bits per heavy atom. The number of aromatic nitrogens is 1. The second-order valence-corrected chi connectivity index (χ2v) is 7.92. The summed E-state index contributed by atoms with van der Waals surface area (Å²) in [5.74, 6) is 0.794. The van der Waals surface area contributed by atoms with Crippen molar-refractivity contribution in [2.45, 2.75) is 25.5 Å². The molecule has 0 radical (unpaired) electrons. The van der Waals surface area contributed by atoms with Gasteiger partial charge in [-0.2, -0.15) is 0 Å². The summed E-state index contributed by atoms with van der Waals surface area (Å²) in [5.41, 5.74) is 3.25. The van der Waals surface area contributed by atoms with Gasteiger partial charge in [0.05, 0.1) is 12.3 Å². The molecule has 1 aliphatic rings. The van der Waals surface area contributed by atoms with Crippen LogP contribution in [-0.2, 0) is 11.4 Å². The topological polar surface area (TPSA) is 84.8 Å². The Labute approximate surface area is 187 Å². The molecule has 1 aliphatic heterocycles. The van der Waals surface area contributed by atoms with Crippen LogP contribution in [0.3, 0.4) is 0 Å². The number of nitrogens with one attached hydrogen (secondary N) is 2. The summed E-state index contributed by atoms with van der Waals surface area (Å²) in [5, 5.41) is 9.85. The van der Waals surface area contributed by atoms with Crippen molar-refractivity contribution in [2.24, 2.45) is 5.16 Å². The fourth-order valence-corrected chi connectivity index (χ4v) is 3.47. The van der Waals surface area contributed by atoms with Gasteiger partial charge in [0, 0.05) is 30.9 Å². The third kappa shape index (κ3) is 5.63. The fourth-order valence-electron chi connectivity index (χ4n) is 3.47. The van der Waals surface area contributed by atoms with Crippen LogP contribution in [0.2, 0.25) is 0 Å². The number of carbonyl (C=O) groups excluding carboxylic acids is 1. The van der Waals surface area contributed by atoms with Gasteiger partial charge in [-0.05, 0) is 30.2 Å². The molecule has 0 spiro atoms. The van der Waals surface area contributed by atoms with Gasteiger partial charge in [-0.1, -0.05) is 59.8 Å². The molecule has 0 aliphatic carbocycles. The van der Waals surface area contributed by atoms with Crippen molar-refractivity contribution >= 4 is 11.7 Å². The molecule has 32 heavy (non-hydrogen) atoms. The molecule has 7 heteroatoms. The van der Waals surface area contributed by atoms with Crippen molar-refractivity contribution in [1.82, 2.24) is 15.6 Å². The van der Waals surface area contributed by atoms with E-state index < -0.39 is 5.60 Å². The van der Waals surface area contributed by atoms with E-state index >= 15 is 0 Å². The number of amides is 2. The lowest BCUT2D eigenvalue weighted by molar-refractivity contribution is -0.000390. The average Bonchev–Trinajstić information content (AvgIpc) is 3.23. The van der Waals surface area contributed by atoms with Crippen LogP contribution >= 0.6 is 0 Å². The molecule has 1 unspecified atom stereocenters. The zero-order valence-electron chi connectivity index (χ0n) is 18.0. The van der Waals surface area contributed by atoms with E-state index in [1.54, 1.807) is 12.4 Å². The molecule has 2 heterocycles. The van der Waals surface area contributed by atoms with Crippen molar-refractivity contribution < 1.29 is 14.4 Å². The lowest BCUT2D eigenvalue weighted by Crippen LogP contribution is -2.45. The fraction of sp³-hybridized carbons (Fsp3) is 0.240. The van der Waals surface area contributed by atoms with E-state index in [1.165, 1.54) is 0 Å². The van der Waals surface area contributed by atoms with Crippen LogP contribution in [0.25, 0.3) is 11.1 Å². The van der Waals surface area contributed by atoms with Gasteiger partial charge in [-0.3, -0.25) is 4.98 Å². The average molecular weight is 431 g/mol. The first-order chi connectivity index (χ1) is 15.6. The first-order valence-electron chi connectivity index (χ1n) is 10.5. The summed E-state index contributed by atoms with van der Waals surface area (Å²) in [6.45, 7) is 2.99. The summed E-state index contributed by atoms with van der Waals surface area (Å²) < 4.78 is 6.07. The van der Waals surface area contributed by atoms with Crippen LogP contribution in [0, 0.1) is 0 Å². The van der Waals surface area contributed by atoms with Gasteiger partial charge in [-0.15, -0.1) is 0 Å². The Balaban J connectivity index is 1.25. The highest BCUT2D eigenvalue weighted by molar-refractivity contribution is 5.88. The van der Waals surface area contributed by atoms with E-state index in [2.05, 4.69) is 32.9 Å². The molecule has 3 aromatic rings. The van der Waals surface area contributed by atoms with Gasteiger partial charge in [0.1, 0.15) is 12.4 Å². The second kappa shape index (κ2) is 9.96. The molecular formula is C25H26N4O3. The Morgan fingerprint density at radius 3 is 2.69 bits per heavy atom. The Kier molecular flexibility index (Phi) is 6.65. The predicted molar refractivity (Wildman–Crippen MR) is 123 cm³/mol. The van der Waals surface area contributed by atoms with Crippen LogP contribution in [0.4, 0.5) is 4.79 Å². The maximum absolute atomic E-state index is 12.1. The number of pyridine rings is 1. The molecule has 164 valence electrons. The predicted octanol–water partition coefficient (Wildman–Crippen LogP) is 4.16. The molecule has 0 saturated heterocycles. The number of urea groups is 1. The van der Waals surface area contributed by atoms with E-state index in [1.807, 2.05) is 61.5 Å². The molecular weight excluding hydrogens is 404 g/mol. The highest BCUT2D eigenvalue weighted by atomic mass is 16.7. The maximum atomic E-state index is 12.1. The van der Waals surface area contributed by atoms with Crippen molar-refractivity contribution in [1.29, 1.82) is 0 Å². The van der Waals surface area contributed by atoms with Crippen LogP contribution in [-0.4, -0.2) is 35.5 Å². The Morgan fingerprint density at radius 1 is 1.06 bits per heavy atom. The number of oxime groups is 1. The summed E-state index contributed by atoms with van der Waals surface area (Å²) >= 11 is 0. The molecule has 4 rings (SSSR count). The smallest absolute Gasteiger partial charge is 0.315 e. The third-order valence-corrected chi connectivity index (χ3v) is 5.14. The molecule has 2 amide bonds. The largest absolute Gasteiger partial charge is 0.487 e. The molecule has 2 aromatic carbocycles. The van der Waals surface area contributed by atoms with Crippen molar-refractivity contribution in [3.05, 3.63) is 84.7 Å². The molecule has 0 bridgehead atoms. The first-order valence-corrected chi connectivity index (χ1v) is 10.5. The van der Waals surface area contributed by atoms with Crippen LogP contribution < -0.4 is 15.4 Å². The van der Waals surface area contributed by atoms with E-state index in [9.17, 15) is 4.79 Å². The molecule has 2 N–H and O–H groups in total. The normalized spacial score (nSPS) is 17.2. The number of hydrogen-bond donors (Lipinski definition) is 2. The monoisotopic (exact) mass is 430 g/mol. The molecule has 7 nitrogen and oxygen atoms in total. The zero-order chi connectivity index (χ0) is 22.2. The summed E-state index contributed by atoms with van der Waals surface area (Å²) in [6, 6.07) is 21.5. The molecule has 1 aromatic heterocycles. The molecule has 1 atom stereocenters. The van der Waals surface area contributed by atoms with Crippen LogP contribution in [0.5, 0.6) is 5.75 Å². The van der Waals surface area contributed by atoms with E-state index in [4.69, 9.17) is 9.57 Å². The minimum Gasteiger partial charge on any atom is -0.487 e. The zero-order valence-corrected chi connectivity index (χ0v) is 18.0. The van der Waals surface area contributed by atoms with Gasteiger partial charge in [0.2, 0.25) is 0 Å². The number of para-hydroxylation sites is 1. The Bertz CT molecular complexity index is 1070. The Hall–Kier alpha value is -3.87. The third-order valence-electron chi connectivity index (χ3n) is 5.14. The van der Waals surface area contributed by atoms with Crippen molar-refractivity contribution in [3.63, 3.8) is 0 Å². The quantitative estimate of drug-likeness (QED) is 0.562. The highest BCUT2D eigenvalue weighted by Gasteiger charge is 2.35. The lowest BCUT2D eigenvalue weighted by atomic mass is 10.00. The number of ether oxygens (including phenoxy) is 1. The van der Waals surface area contributed by atoms with Crippen molar-refractivity contribution in [2.75, 3.05) is 13.2 Å². The minimum atomic E-state index is -0.608. The number of hydrogen-bond acceptors (Lipinski definition) is 5. The standard InChI is InChI=1S/C25H26N4O3/c1-25(18-28-24(30)27-16-19-8-7-13-26-15-19)14-21(29-32-25)17-31-23-12-6-5-11-22(23)20-9-3-2-4-10-20/h2-13,15H,14,16-18H2,1H3,(H2,27,28,30). The van der Waals surface area contributed by atoms with Gasteiger partial charge in [-0.25, -0.2) is 4.79 Å². The molecule has 0 saturated carbocycles. The second-order valence-electron chi connectivity index (χ2n) is 7.92. The summed E-state index contributed by atoms with van der Waals surface area (Å²) in [7, 11) is 0. The van der Waals surface area contributed by atoms with Crippen LogP contribution in [0.1, 0.15) is 18.9 Å². The SMILES string of the molecule is CC1(CNC(=O)NCc2cccnc2)CC(COc2ccccc2-c2ccccc2)=NO1. The number of benzene rings is 2. The first kappa shape index (κ1) is 21.4. The van der Waals surface area contributed by atoms with Gasteiger partial charge in [0.15, 0.2) is 5.60 Å².